The first-order valence-corrected chi connectivity index (χ1v) is 6.59. The fourth-order valence-corrected chi connectivity index (χ4v) is 2.68. The molecular weight excluding hydrogens is 230 g/mol. The van der Waals surface area contributed by atoms with E-state index in [1.807, 2.05) is 24.8 Å². The van der Waals surface area contributed by atoms with Crippen LogP contribution in [0, 0.1) is 19.8 Å². The molecule has 0 saturated carbocycles. The van der Waals surface area contributed by atoms with Gasteiger partial charge in [0.05, 0.1) is 5.56 Å². The standard InChI is InChI=1S/C14H21NO3/c1-10-8-13(11(2)18-10)14(17)15-6-3-4-12(9-15)5-7-16/h8,12,16H,3-7,9H2,1-2H3. The number of carbonyl (C=O) groups excluding carboxylic acids is 1. The summed E-state index contributed by atoms with van der Waals surface area (Å²) >= 11 is 0. The molecule has 1 N–H and O–H groups in total. The van der Waals surface area contributed by atoms with E-state index in [2.05, 4.69) is 0 Å². The van der Waals surface area contributed by atoms with Crippen LogP contribution in [0.2, 0.25) is 0 Å². The van der Waals surface area contributed by atoms with E-state index in [0.717, 1.165) is 38.1 Å². The Morgan fingerprint density at radius 2 is 2.33 bits per heavy atom. The summed E-state index contributed by atoms with van der Waals surface area (Å²) in [5.41, 5.74) is 0.678. The summed E-state index contributed by atoms with van der Waals surface area (Å²) in [6.07, 6.45) is 2.91. The molecule has 1 aromatic heterocycles. The first-order chi connectivity index (χ1) is 8.61. The Morgan fingerprint density at radius 3 is 2.94 bits per heavy atom. The molecule has 2 rings (SSSR count). The van der Waals surface area contributed by atoms with Gasteiger partial charge in [-0.3, -0.25) is 4.79 Å². The van der Waals surface area contributed by atoms with E-state index in [1.165, 1.54) is 0 Å². The van der Waals surface area contributed by atoms with Crippen molar-refractivity contribution in [2.24, 2.45) is 5.92 Å². The highest BCUT2D eigenvalue weighted by atomic mass is 16.3. The molecular formula is C14H21NO3. The Balaban J connectivity index is 2.06. The maximum Gasteiger partial charge on any atom is 0.257 e. The smallest absolute Gasteiger partial charge is 0.257 e. The largest absolute Gasteiger partial charge is 0.466 e. The zero-order valence-corrected chi connectivity index (χ0v) is 11.1. The molecule has 1 aromatic rings. The van der Waals surface area contributed by atoms with Gasteiger partial charge in [0.15, 0.2) is 0 Å². The van der Waals surface area contributed by atoms with Gasteiger partial charge in [0.2, 0.25) is 0 Å². The van der Waals surface area contributed by atoms with Crippen molar-refractivity contribution in [3.05, 3.63) is 23.2 Å². The summed E-state index contributed by atoms with van der Waals surface area (Å²) < 4.78 is 5.41. The van der Waals surface area contributed by atoms with Crippen LogP contribution in [0.4, 0.5) is 0 Å². The van der Waals surface area contributed by atoms with Crippen LogP contribution in [-0.2, 0) is 0 Å². The predicted octanol–water partition coefficient (Wildman–Crippen LogP) is 2.13. The van der Waals surface area contributed by atoms with Gasteiger partial charge in [-0.1, -0.05) is 0 Å². The van der Waals surface area contributed by atoms with Crippen molar-refractivity contribution in [1.29, 1.82) is 0 Å². The molecule has 0 aromatic carbocycles. The summed E-state index contributed by atoms with van der Waals surface area (Å²) in [6, 6.07) is 1.81. The maximum atomic E-state index is 12.4. The third-order valence-electron chi connectivity index (χ3n) is 3.61. The minimum Gasteiger partial charge on any atom is -0.466 e. The molecule has 0 spiro atoms. The second-order valence-corrected chi connectivity index (χ2v) is 5.10. The third-order valence-corrected chi connectivity index (χ3v) is 3.61. The number of hydrogen-bond donors (Lipinski definition) is 1. The normalized spacial score (nSPS) is 20.2. The Hall–Kier alpha value is -1.29. The van der Waals surface area contributed by atoms with Crippen molar-refractivity contribution in [1.82, 2.24) is 4.90 Å². The fourth-order valence-electron chi connectivity index (χ4n) is 2.68. The molecule has 1 atom stereocenters. The Kier molecular flexibility index (Phi) is 4.07. The molecule has 2 heterocycles. The number of nitrogens with zero attached hydrogens (tertiary/aromatic N) is 1. The minimum absolute atomic E-state index is 0.0620. The Bertz CT molecular complexity index is 423. The summed E-state index contributed by atoms with van der Waals surface area (Å²) in [6.45, 7) is 5.45. The molecule has 4 nitrogen and oxygen atoms in total. The highest BCUT2D eigenvalue weighted by Crippen LogP contribution is 2.23. The zero-order chi connectivity index (χ0) is 13.1. The molecule has 1 amide bonds. The van der Waals surface area contributed by atoms with Crippen LogP contribution in [0.1, 0.15) is 41.1 Å². The van der Waals surface area contributed by atoms with Gasteiger partial charge in [-0.05, 0) is 45.1 Å². The number of furan rings is 1. The van der Waals surface area contributed by atoms with Crippen molar-refractivity contribution in [3.63, 3.8) is 0 Å². The molecule has 0 bridgehead atoms. The monoisotopic (exact) mass is 251 g/mol. The molecule has 1 aliphatic rings. The van der Waals surface area contributed by atoms with Gasteiger partial charge < -0.3 is 14.4 Å². The van der Waals surface area contributed by atoms with E-state index < -0.39 is 0 Å². The molecule has 0 radical (unpaired) electrons. The topological polar surface area (TPSA) is 53.7 Å². The lowest BCUT2D eigenvalue weighted by Gasteiger charge is -2.32. The van der Waals surface area contributed by atoms with Crippen LogP contribution in [0.3, 0.4) is 0 Å². The number of aliphatic hydroxyl groups excluding tert-OH is 1. The number of rotatable bonds is 3. The number of carbonyl (C=O) groups is 1. The number of aliphatic hydroxyl groups is 1. The van der Waals surface area contributed by atoms with Crippen molar-refractivity contribution >= 4 is 5.91 Å². The first-order valence-electron chi connectivity index (χ1n) is 6.59. The number of hydrogen-bond acceptors (Lipinski definition) is 3. The van der Waals surface area contributed by atoms with Gasteiger partial charge in [0.1, 0.15) is 11.5 Å². The van der Waals surface area contributed by atoms with E-state index in [4.69, 9.17) is 9.52 Å². The van der Waals surface area contributed by atoms with Gasteiger partial charge in [-0.15, -0.1) is 0 Å². The van der Waals surface area contributed by atoms with Gasteiger partial charge in [0, 0.05) is 19.7 Å². The minimum atomic E-state index is 0.0620. The number of piperidine rings is 1. The Labute approximate surface area is 108 Å². The van der Waals surface area contributed by atoms with E-state index in [0.29, 0.717) is 17.2 Å². The van der Waals surface area contributed by atoms with Crippen LogP contribution >= 0.6 is 0 Å². The second kappa shape index (κ2) is 5.57. The van der Waals surface area contributed by atoms with Crippen molar-refractivity contribution in [2.45, 2.75) is 33.1 Å². The van der Waals surface area contributed by atoms with Crippen LogP contribution in [0.25, 0.3) is 0 Å². The molecule has 100 valence electrons. The molecule has 1 aliphatic heterocycles. The summed E-state index contributed by atoms with van der Waals surface area (Å²) in [5, 5.41) is 8.99. The summed E-state index contributed by atoms with van der Waals surface area (Å²) in [5.74, 6) is 1.97. The van der Waals surface area contributed by atoms with Gasteiger partial charge in [-0.2, -0.15) is 0 Å². The fraction of sp³-hybridized carbons (Fsp3) is 0.643. The Morgan fingerprint density at radius 1 is 1.56 bits per heavy atom. The number of aryl methyl sites for hydroxylation is 2. The molecule has 18 heavy (non-hydrogen) atoms. The lowest BCUT2D eigenvalue weighted by molar-refractivity contribution is 0.0652. The molecule has 1 fully saturated rings. The van der Waals surface area contributed by atoms with E-state index in [9.17, 15) is 4.79 Å². The van der Waals surface area contributed by atoms with E-state index >= 15 is 0 Å². The highest BCUT2D eigenvalue weighted by Gasteiger charge is 2.26. The van der Waals surface area contributed by atoms with Crippen molar-refractivity contribution < 1.29 is 14.3 Å². The van der Waals surface area contributed by atoms with E-state index in [-0.39, 0.29) is 12.5 Å². The van der Waals surface area contributed by atoms with Crippen LogP contribution < -0.4 is 0 Å². The number of amides is 1. The average Bonchev–Trinajstić information content (AvgIpc) is 2.68. The average molecular weight is 251 g/mol. The highest BCUT2D eigenvalue weighted by molar-refractivity contribution is 5.95. The first kappa shape index (κ1) is 13.1. The van der Waals surface area contributed by atoms with Crippen LogP contribution in [0.15, 0.2) is 10.5 Å². The van der Waals surface area contributed by atoms with Gasteiger partial charge >= 0.3 is 0 Å². The zero-order valence-electron chi connectivity index (χ0n) is 11.1. The molecule has 0 aliphatic carbocycles. The third kappa shape index (κ3) is 2.75. The molecule has 1 unspecified atom stereocenters. The van der Waals surface area contributed by atoms with Crippen molar-refractivity contribution in [2.75, 3.05) is 19.7 Å². The quantitative estimate of drug-likeness (QED) is 0.895. The molecule has 1 saturated heterocycles. The molecule has 4 heteroatoms. The SMILES string of the molecule is Cc1cc(C(=O)N2CCCC(CCO)C2)c(C)o1. The lowest BCUT2D eigenvalue weighted by atomic mass is 9.94. The second-order valence-electron chi connectivity index (χ2n) is 5.10. The predicted molar refractivity (Wildman–Crippen MR) is 68.5 cm³/mol. The summed E-state index contributed by atoms with van der Waals surface area (Å²) in [7, 11) is 0. The van der Waals surface area contributed by atoms with Crippen LogP contribution in [-0.4, -0.2) is 35.6 Å². The lowest BCUT2D eigenvalue weighted by Crippen LogP contribution is -2.40. The van der Waals surface area contributed by atoms with Crippen LogP contribution in [0.5, 0.6) is 0 Å². The van der Waals surface area contributed by atoms with Gasteiger partial charge in [0.25, 0.3) is 5.91 Å². The van der Waals surface area contributed by atoms with E-state index in [1.54, 1.807) is 0 Å². The van der Waals surface area contributed by atoms with Gasteiger partial charge in [-0.25, -0.2) is 0 Å². The number of likely N-dealkylation sites (tertiary alicyclic amines) is 1. The van der Waals surface area contributed by atoms with Crippen molar-refractivity contribution in [3.8, 4) is 0 Å². The maximum absolute atomic E-state index is 12.4. The summed E-state index contributed by atoms with van der Waals surface area (Å²) in [4.78, 5) is 14.3.